The maximum Gasteiger partial charge on any atom is 0.219 e. The van der Waals surface area contributed by atoms with Gasteiger partial charge in [-0.25, -0.2) is 15.0 Å². The van der Waals surface area contributed by atoms with E-state index in [9.17, 15) is 4.79 Å². The minimum Gasteiger partial charge on any atom is -0.383 e. The number of nitrogens with one attached hydrogen (secondary N) is 1. The van der Waals surface area contributed by atoms with Crippen LogP contribution >= 0.6 is 0 Å². The standard InChI is InChI=1S/C18H17N5.C10H19NO/c1-4-7-13(5-2)23-17(14-8-6-9-20-16(14)19)22-15-10-12(3)11-21-18(15)23;1-11-10(12)8-7-9-5-3-2-4-6-9/h4-11H,1-2H2,3H3,(H2,19,20);9H,2-8H2,1H3,(H,11,12)/b13-7+;. The van der Waals surface area contributed by atoms with Crippen LogP contribution in [0.1, 0.15) is 50.5 Å². The summed E-state index contributed by atoms with van der Waals surface area (Å²) >= 11 is 0. The zero-order valence-electron chi connectivity index (χ0n) is 20.8. The Morgan fingerprint density at radius 2 is 2.03 bits per heavy atom. The molecule has 1 saturated carbocycles. The molecule has 0 aliphatic heterocycles. The van der Waals surface area contributed by atoms with Gasteiger partial charge < -0.3 is 11.1 Å². The number of aryl methyl sites for hydroxylation is 1. The SMILES string of the molecule is C=C/C=C(\C=C)n1c(-c2cccnc2N)nc2cc(C)cnc21.CNC(=O)CCC1CCCCC1. The first-order valence-electron chi connectivity index (χ1n) is 12.2. The zero-order valence-corrected chi connectivity index (χ0v) is 20.8. The Morgan fingerprint density at radius 3 is 2.69 bits per heavy atom. The molecule has 7 heteroatoms. The number of carbonyl (C=O) groups is 1. The second-order valence-electron chi connectivity index (χ2n) is 8.81. The average Bonchev–Trinajstić information content (AvgIpc) is 3.25. The predicted molar refractivity (Wildman–Crippen MR) is 144 cm³/mol. The van der Waals surface area contributed by atoms with E-state index in [1.807, 2.05) is 42.0 Å². The fraction of sp³-hybridized carbons (Fsp3) is 0.357. The maximum absolute atomic E-state index is 10.9. The molecule has 0 atom stereocenters. The summed E-state index contributed by atoms with van der Waals surface area (Å²) < 4.78 is 1.91. The third-order valence-electron chi connectivity index (χ3n) is 6.25. The van der Waals surface area contributed by atoms with Gasteiger partial charge in [0.05, 0.1) is 5.56 Å². The molecule has 7 nitrogen and oxygen atoms in total. The number of fused-ring (bicyclic) bond motifs is 1. The Bertz CT molecular complexity index is 1200. The van der Waals surface area contributed by atoms with Gasteiger partial charge in [0.25, 0.3) is 0 Å². The Labute approximate surface area is 207 Å². The van der Waals surface area contributed by atoms with E-state index in [4.69, 9.17) is 10.7 Å². The summed E-state index contributed by atoms with van der Waals surface area (Å²) in [4.78, 5) is 24.3. The van der Waals surface area contributed by atoms with Crippen molar-refractivity contribution in [2.24, 2.45) is 5.92 Å². The Hall–Kier alpha value is -3.74. The quantitative estimate of drug-likeness (QED) is 0.430. The van der Waals surface area contributed by atoms with Gasteiger partial charge in [0, 0.05) is 31.6 Å². The minimum atomic E-state index is 0.195. The molecule has 0 bridgehead atoms. The van der Waals surface area contributed by atoms with E-state index in [0.29, 0.717) is 11.6 Å². The Balaban J connectivity index is 0.000000241. The van der Waals surface area contributed by atoms with E-state index >= 15 is 0 Å². The molecule has 0 unspecified atom stereocenters. The van der Waals surface area contributed by atoms with Gasteiger partial charge >= 0.3 is 0 Å². The molecule has 1 amide bonds. The number of aromatic nitrogens is 4. The van der Waals surface area contributed by atoms with Crippen molar-refractivity contribution in [2.45, 2.75) is 51.9 Å². The van der Waals surface area contributed by atoms with Gasteiger partial charge in [-0.05, 0) is 55.2 Å². The van der Waals surface area contributed by atoms with E-state index in [-0.39, 0.29) is 5.91 Å². The second-order valence-corrected chi connectivity index (χ2v) is 8.81. The number of amides is 1. The number of hydrogen-bond acceptors (Lipinski definition) is 5. The first-order valence-corrected chi connectivity index (χ1v) is 12.2. The molecule has 1 fully saturated rings. The highest BCUT2D eigenvalue weighted by atomic mass is 16.1. The third kappa shape index (κ3) is 6.66. The van der Waals surface area contributed by atoms with Gasteiger partial charge in [-0.1, -0.05) is 51.3 Å². The van der Waals surface area contributed by atoms with Gasteiger partial charge in [-0.3, -0.25) is 9.36 Å². The lowest BCUT2D eigenvalue weighted by molar-refractivity contribution is -0.120. The van der Waals surface area contributed by atoms with Crippen LogP contribution in [0.25, 0.3) is 28.2 Å². The number of hydrogen-bond donors (Lipinski definition) is 2. The molecule has 3 N–H and O–H groups in total. The Kier molecular flexibility index (Phi) is 9.35. The van der Waals surface area contributed by atoms with Crippen LogP contribution in [0.3, 0.4) is 0 Å². The summed E-state index contributed by atoms with van der Waals surface area (Å²) in [6.45, 7) is 9.62. The smallest absolute Gasteiger partial charge is 0.219 e. The van der Waals surface area contributed by atoms with Crippen molar-refractivity contribution in [3.63, 3.8) is 0 Å². The highest BCUT2D eigenvalue weighted by Crippen LogP contribution is 2.30. The first-order chi connectivity index (χ1) is 17.0. The van der Waals surface area contributed by atoms with Gasteiger partial charge in [0.15, 0.2) is 11.5 Å². The number of nitrogens with zero attached hydrogens (tertiary/aromatic N) is 4. The number of pyridine rings is 2. The summed E-state index contributed by atoms with van der Waals surface area (Å²) in [5.74, 6) is 2.12. The largest absolute Gasteiger partial charge is 0.383 e. The number of allylic oxidation sites excluding steroid dienone is 4. The van der Waals surface area contributed by atoms with Crippen molar-refractivity contribution < 1.29 is 4.79 Å². The molecule has 0 saturated heterocycles. The molecule has 1 aliphatic carbocycles. The molecule has 4 rings (SSSR count). The van der Waals surface area contributed by atoms with Crippen LogP contribution in [-0.4, -0.2) is 32.5 Å². The topological polar surface area (TPSA) is 98.7 Å². The number of rotatable bonds is 7. The number of imidazole rings is 1. The normalized spacial score (nSPS) is 14.2. The van der Waals surface area contributed by atoms with E-state index in [1.54, 1.807) is 25.4 Å². The summed E-state index contributed by atoms with van der Waals surface area (Å²) in [6.07, 6.45) is 17.4. The van der Waals surface area contributed by atoms with Crippen molar-refractivity contribution in [3.05, 3.63) is 67.5 Å². The molecule has 1 aliphatic rings. The average molecular weight is 473 g/mol. The molecule has 184 valence electrons. The van der Waals surface area contributed by atoms with Crippen LogP contribution in [-0.2, 0) is 4.79 Å². The van der Waals surface area contributed by atoms with E-state index in [0.717, 1.165) is 46.7 Å². The monoisotopic (exact) mass is 472 g/mol. The van der Waals surface area contributed by atoms with Crippen molar-refractivity contribution >= 4 is 28.6 Å². The predicted octanol–water partition coefficient (Wildman–Crippen LogP) is 5.69. The zero-order chi connectivity index (χ0) is 25.2. The van der Waals surface area contributed by atoms with Gasteiger partial charge in [-0.2, -0.15) is 0 Å². The molecule has 0 aromatic carbocycles. The molecule has 3 aromatic heterocycles. The van der Waals surface area contributed by atoms with Crippen LogP contribution < -0.4 is 11.1 Å². The molecule has 35 heavy (non-hydrogen) atoms. The number of anilines is 1. The summed E-state index contributed by atoms with van der Waals surface area (Å²) in [7, 11) is 1.71. The van der Waals surface area contributed by atoms with E-state index in [1.165, 1.54) is 32.1 Å². The van der Waals surface area contributed by atoms with Crippen LogP contribution in [0.5, 0.6) is 0 Å². The highest BCUT2D eigenvalue weighted by molar-refractivity contribution is 5.86. The maximum atomic E-state index is 10.9. The summed E-state index contributed by atoms with van der Waals surface area (Å²) in [5, 5.41) is 2.67. The van der Waals surface area contributed by atoms with Crippen LogP contribution in [0, 0.1) is 12.8 Å². The fourth-order valence-corrected chi connectivity index (χ4v) is 4.39. The molecule has 3 heterocycles. The number of nitrogens with two attached hydrogens (primary N) is 1. The van der Waals surface area contributed by atoms with Crippen LogP contribution in [0.15, 0.2) is 62.0 Å². The molecule has 0 spiro atoms. The van der Waals surface area contributed by atoms with Crippen molar-refractivity contribution in [3.8, 4) is 11.4 Å². The van der Waals surface area contributed by atoms with Crippen LogP contribution in [0.4, 0.5) is 5.82 Å². The summed E-state index contributed by atoms with van der Waals surface area (Å²) in [6, 6.07) is 5.71. The number of carbonyl (C=O) groups excluding carboxylic acids is 1. The summed E-state index contributed by atoms with van der Waals surface area (Å²) in [5.41, 5.74) is 10.2. The highest BCUT2D eigenvalue weighted by Gasteiger charge is 2.18. The molecule has 3 aromatic rings. The Morgan fingerprint density at radius 1 is 1.26 bits per heavy atom. The molecular weight excluding hydrogens is 436 g/mol. The number of nitrogen functional groups attached to an aromatic ring is 1. The van der Waals surface area contributed by atoms with Crippen molar-refractivity contribution in [2.75, 3.05) is 12.8 Å². The van der Waals surface area contributed by atoms with E-state index < -0.39 is 0 Å². The van der Waals surface area contributed by atoms with E-state index in [2.05, 4.69) is 28.4 Å². The minimum absolute atomic E-state index is 0.195. The third-order valence-corrected chi connectivity index (χ3v) is 6.25. The van der Waals surface area contributed by atoms with Gasteiger partial charge in [0.1, 0.15) is 11.3 Å². The van der Waals surface area contributed by atoms with Crippen molar-refractivity contribution in [1.29, 1.82) is 0 Å². The lowest BCUT2D eigenvalue weighted by Crippen LogP contribution is -2.19. The second kappa shape index (κ2) is 12.6. The van der Waals surface area contributed by atoms with Crippen LogP contribution in [0.2, 0.25) is 0 Å². The molecule has 0 radical (unpaired) electrons. The fourth-order valence-electron chi connectivity index (χ4n) is 4.39. The van der Waals surface area contributed by atoms with Gasteiger partial charge in [0.2, 0.25) is 5.91 Å². The lowest BCUT2D eigenvalue weighted by atomic mass is 9.86. The first kappa shape index (κ1) is 25.9. The van der Waals surface area contributed by atoms with Gasteiger partial charge in [-0.15, -0.1) is 0 Å². The van der Waals surface area contributed by atoms with Crippen molar-refractivity contribution in [1.82, 2.24) is 24.8 Å². The molecular formula is C28H36N6O. The lowest BCUT2D eigenvalue weighted by Gasteiger charge is -2.20.